The molecule has 0 saturated carbocycles. The van der Waals surface area contributed by atoms with Gasteiger partial charge in [-0.1, -0.05) is 30.3 Å². The molecule has 11 heteroatoms. The Bertz CT molecular complexity index is 1090. The van der Waals surface area contributed by atoms with Gasteiger partial charge in [-0.2, -0.15) is 0 Å². The molecule has 1 unspecified atom stereocenters. The number of benzene rings is 1. The zero-order valence-electron chi connectivity index (χ0n) is 20.0. The molecular weight excluding hydrogens is 466 g/mol. The third-order valence-electron chi connectivity index (χ3n) is 5.05. The molecule has 2 aromatic heterocycles. The number of hydrogen-bond acceptors (Lipinski definition) is 9. The predicted octanol–water partition coefficient (Wildman–Crippen LogP) is 2.45. The summed E-state index contributed by atoms with van der Waals surface area (Å²) >= 11 is 1.69. The average molecular weight is 498 g/mol. The molecular formula is C24H31N7O3S. The van der Waals surface area contributed by atoms with Crippen LogP contribution in [0, 0.1) is 0 Å². The average Bonchev–Trinajstić information content (AvgIpc) is 3.53. The van der Waals surface area contributed by atoms with E-state index in [1.54, 1.807) is 16.4 Å². The van der Waals surface area contributed by atoms with E-state index < -0.39 is 5.91 Å². The van der Waals surface area contributed by atoms with Gasteiger partial charge in [-0.05, 0) is 18.1 Å². The number of aldehydes is 1. The summed E-state index contributed by atoms with van der Waals surface area (Å²) in [5, 5.41) is 7.34. The molecule has 1 aliphatic rings. The first kappa shape index (κ1) is 26.2. The van der Waals surface area contributed by atoms with Crippen LogP contribution in [0.4, 0.5) is 11.5 Å². The molecule has 1 atom stereocenters. The van der Waals surface area contributed by atoms with Crippen molar-refractivity contribution in [3.8, 4) is 0 Å². The van der Waals surface area contributed by atoms with Crippen molar-refractivity contribution >= 4 is 35.5 Å². The predicted molar refractivity (Wildman–Crippen MR) is 137 cm³/mol. The summed E-state index contributed by atoms with van der Waals surface area (Å²) in [6, 6.07) is 12.2. The van der Waals surface area contributed by atoms with E-state index in [-0.39, 0.29) is 5.82 Å². The van der Waals surface area contributed by atoms with Crippen molar-refractivity contribution in [2.24, 2.45) is 5.73 Å². The number of amides is 1. The van der Waals surface area contributed by atoms with Gasteiger partial charge in [-0.15, -0.1) is 16.9 Å². The molecule has 1 aliphatic heterocycles. The van der Waals surface area contributed by atoms with E-state index in [0.29, 0.717) is 19.0 Å². The first-order valence-corrected chi connectivity index (χ1v) is 12.3. The van der Waals surface area contributed by atoms with Crippen molar-refractivity contribution in [1.82, 2.24) is 19.7 Å². The zero-order chi connectivity index (χ0) is 25.0. The second-order valence-corrected chi connectivity index (χ2v) is 9.19. The minimum atomic E-state index is -0.609. The van der Waals surface area contributed by atoms with Crippen LogP contribution in [0.2, 0.25) is 0 Å². The summed E-state index contributed by atoms with van der Waals surface area (Å²) < 4.78 is 6.94. The zero-order valence-corrected chi connectivity index (χ0v) is 20.8. The molecule has 186 valence electrons. The fourth-order valence-electron chi connectivity index (χ4n) is 3.29. The number of carbonyl (C=O) groups is 2. The van der Waals surface area contributed by atoms with Crippen LogP contribution in [0.25, 0.3) is 0 Å². The smallest absolute Gasteiger partial charge is 0.288 e. The highest BCUT2D eigenvalue weighted by Crippen LogP contribution is 2.31. The number of nitrogens with one attached hydrogen (secondary N) is 1. The van der Waals surface area contributed by atoms with E-state index in [1.807, 2.05) is 55.5 Å². The normalized spacial score (nSPS) is 14.6. The van der Waals surface area contributed by atoms with Crippen LogP contribution in [0.3, 0.4) is 0 Å². The fourth-order valence-corrected chi connectivity index (χ4v) is 4.30. The van der Waals surface area contributed by atoms with Gasteiger partial charge in [0.25, 0.3) is 5.91 Å². The highest BCUT2D eigenvalue weighted by Gasteiger charge is 2.16. The van der Waals surface area contributed by atoms with Gasteiger partial charge in [0.05, 0.1) is 31.1 Å². The number of nitrogens with zero attached hydrogens (tertiary/aromatic N) is 5. The summed E-state index contributed by atoms with van der Waals surface area (Å²) in [7, 11) is 4.00. The number of hydrogen-bond donors (Lipinski definition) is 2. The topological polar surface area (TPSA) is 128 Å². The Labute approximate surface area is 209 Å². The van der Waals surface area contributed by atoms with Crippen molar-refractivity contribution in [3.05, 3.63) is 60.3 Å². The Morgan fingerprint density at radius 3 is 2.74 bits per heavy atom. The van der Waals surface area contributed by atoms with E-state index in [4.69, 9.17) is 10.5 Å². The molecule has 3 N–H and O–H groups in total. The van der Waals surface area contributed by atoms with E-state index in [0.717, 1.165) is 53.6 Å². The molecule has 1 saturated heterocycles. The number of nitrogens with two attached hydrogens (primary N) is 1. The van der Waals surface area contributed by atoms with Crippen molar-refractivity contribution < 1.29 is 14.3 Å². The second kappa shape index (κ2) is 13.4. The number of pyridine rings is 1. The quantitative estimate of drug-likeness (QED) is 0.246. The maximum atomic E-state index is 10.8. The van der Waals surface area contributed by atoms with Crippen LogP contribution in [-0.2, 0) is 16.1 Å². The maximum Gasteiger partial charge on any atom is 0.288 e. The molecule has 4 rings (SSSR count). The molecule has 0 spiro atoms. The SMILES string of the molecule is CN(C)c1cnc(NC2CCOC2)cc1SCCC=O.NC(=O)c1ncn(Cc2ccccc2)n1. The number of anilines is 2. The highest BCUT2D eigenvalue weighted by molar-refractivity contribution is 7.99. The fraction of sp³-hybridized carbons (Fsp3) is 0.375. The maximum absolute atomic E-state index is 10.8. The molecule has 0 bridgehead atoms. The molecule has 1 amide bonds. The lowest BCUT2D eigenvalue weighted by molar-refractivity contribution is -0.107. The Morgan fingerprint density at radius 2 is 2.11 bits per heavy atom. The third kappa shape index (κ3) is 8.37. The van der Waals surface area contributed by atoms with Gasteiger partial charge in [0.2, 0.25) is 5.82 Å². The lowest BCUT2D eigenvalue weighted by atomic mass is 10.2. The summed E-state index contributed by atoms with van der Waals surface area (Å²) in [5.41, 5.74) is 7.22. The van der Waals surface area contributed by atoms with Crippen LogP contribution in [0.5, 0.6) is 0 Å². The Balaban J connectivity index is 0.000000203. The molecule has 0 aliphatic carbocycles. The highest BCUT2D eigenvalue weighted by atomic mass is 32.2. The van der Waals surface area contributed by atoms with E-state index >= 15 is 0 Å². The molecule has 3 aromatic rings. The summed E-state index contributed by atoms with van der Waals surface area (Å²) in [5.74, 6) is 1.10. The van der Waals surface area contributed by atoms with Gasteiger partial charge in [0.1, 0.15) is 18.4 Å². The lowest BCUT2D eigenvalue weighted by Gasteiger charge is -2.19. The van der Waals surface area contributed by atoms with Crippen LogP contribution in [0.1, 0.15) is 29.0 Å². The summed E-state index contributed by atoms with van der Waals surface area (Å²) in [6.45, 7) is 2.14. The monoisotopic (exact) mass is 497 g/mol. The van der Waals surface area contributed by atoms with Crippen LogP contribution in [0.15, 0.2) is 53.8 Å². The molecule has 0 radical (unpaired) electrons. The van der Waals surface area contributed by atoms with E-state index in [1.165, 1.54) is 6.33 Å². The van der Waals surface area contributed by atoms with Gasteiger partial charge in [-0.3, -0.25) is 4.79 Å². The van der Waals surface area contributed by atoms with Crippen molar-refractivity contribution in [2.75, 3.05) is 43.3 Å². The number of carbonyl (C=O) groups excluding carboxylic acids is 2. The largest absolute Gasteiger partial charge is 0.379 e. The molecule has 10 nitrogen and oxygen atoms in total. The molecule has 35 heavy (non-hydrogen) atoms. The standard InChI is InChI=1S/C14H21N3O2S.C10H10N4O/c1-17(2)12-9-15-14(16-11-4-6-19-10-11)8-13(12)20-7-3-5-18;11-9(15)10-12-7-14(13-10)6-8-4-2-1-3-5-8/h5,8-9,11H,3-4,6-7,10H2,1-2H3,(H,15,16);1-5,7H,6H2,(H2,11,15). The molecule has 1 fully saturated rings. The number of ether oxygens (including phenoxy) is 1. The third-order valence-corrected chi connectivity index (χ3v) is 6.13. The second-order valence-electron chi connectivity index (χ2n) is 8.06. The van der Waals surface area contributed by atoms with Crippen LogP contribution < -0.4 is 16.0 Å². The van der Waals surface area contributed by atoms with Gasteiger partial charge < -0.3 is 25.5 Å². The minimum Gasteiger partial charge on any atom is -0.379 e. The number of thioether (sulfide) groups is 1. The molecule has 3 heterocycles. The van der Waals surface area contributed by atoms with Crippen LogP contribution in [-0.4, -0.2) is 71.0 Å². The van der Waals surface area contributed by atoms with Gasteiger partial charge >= 0.3 is 0 Å². The van der Waals surface area contributed by atoms with Gasteiger partial charge in [0, 0.05) is 37.8 Å². The molecule has 1 aromatic carbocycles. The van der Waals surface area contributed by atoms with Crippen LogP contribution >= 0.6 is 11.8 Å². The summed E-state index contributed by atoms with van der Waals surface area (Å²) in [6.07, 6.45) is 5.91. The summed E-state index contributed by atoms with van der Waals surface area (Å²) in [4.78, 5) is 32.6. The Morgan fingerprint density at radius 1 is 1.31 bits per heavy atom. The number of aromatic nitrogens is 4. The van der Waals surface area contributed by atoms with Crippen molar-refractivity contribution in [2.45, 2.75) is 30.3 Å². The first-order valence-electron chi connectivity index (χ1n) is 11.3. The first-order chi connectivity index (χ1) is 17.0. The van der Waals surface area contributed by atoms with Crippen molar-refractivity contribution in [1.29, 1.82) is 0 Å². The van der Waals surface area contributed by atoms with Crippen molar-refractivity contribution in [3.63, 3.8) is 0 Å². The number of primary amides is 1. The Hall–Kier alpha value is -3.44. The minimum absolute atomic E-state index is 0.0472. The van der Waals surface area contributed by atoms with E-state index in [9.17, 15) is 9.59 Å². The van der Waals surface area contributed by atoms with Gasteiger partial charge in [-0.25, -0.2) is 14.6 Å². The number of rotatable bonds is 10. The van der Waals surface area contributed by atoms with E-state index in [2.05, 4.69) is 26.4 Å². The van der Waals surface area contributed by atoms with Gasteiger partial charge in [0.15, 0.2) is 0 Å². The Kier molecular flexibility index (Phi) is 10.1. The lowest BCUT2D eigenvalue weighted by Crippen LogP contribution is -2.20.